The Labute approximate surface area is 204 Å². The summed E-state index contributed by atoms with van der Waals surface area (Å²) < 4.78 is 5.60. The van der Waals surface area contributed by atoms with Gasteiger partial charge < -0.3 is 14.7 Å². The molecule has 1 saturated heterocycles. The number of likely N-dealkylation sites (tertiary alicyclic amines) is 1. The van der Waals surface area contributed by atoms with Crippen LogP contribution in [-0.4, -0.2) is 56.7 Å². The standard InChI is InChI=1S/C27H27N5O3/c1-17(2)35-26-18(12-28)10-19(13-31-26)25-29-14-20(15-30-25)21-4-3-5-23-22(21)6-7-27(23)11-24(34)32(16-27)8-9-33/h3-5,10,13-15,17,33H,6-9,11,16H2,1-2H3. The van der Waals surface area contributed by atoms with Gasteiger partial charge in [0.25, 0.3) is 0 Å². The number of ether oxygens (including phenoxy) is 1. The van der Waals surface area contributed by atoms with E-state index in [0.29, 0.717) is 42.3 Å². The number of amides is 1. The molecule has 178 valence electrons. The number of hydrogen-bond donors (Lipinski definition) is 1. The van der Waals surface area contributed by atoms with Crippen molar-refractivity contribution in [3.8, 4) is 34.5 Å². The van der Waals surface area contributed by atoms with Crippen LogP contribution in [-0.2, 0) is 16.6 Å². The lowest BCUT2D eigenvalue weighted by atomic mass is 9.80. The number of pyridine rings is 1. The lowest BCUT2D eigenvalue weighted by Gasteiger charge is -2.25. The van der Waals surface area contributed by atoms with Crippen molar-refractivity contribution in [2.24, 2.45) is 0 Å². The molecular formula is C27H27N5O3. The van der Waals surface area contributed by atoms with E-state index in [1.165, 1.54) is 11.1 Å². The average Bonchev–Trinajstić information content (AvgIpc) is 3.38. The average molecular weight is 470 g/mol. The molecule has 35 heavy (non-hydrogen) atoms. The summed E-state index contributed by atoms with van der Waals surface area (Å²) in [4.78, 5) is 27.7. The van der Waals surface area contributed by atoms with Crippen LogP contribution < -0.4 is 4.74 Å². The lowest BCUT2D eigenvalue weighted by Crippen LogP contribution is -2.32. The zero-order valence-electron chi connectivity index (χ0n) is 19.9. The predicted octanol–water partition coefficient (Wildman–Crippen LogP) is 3.27. The van der Waals surface area contributed by atoms with Crippen LogP contribution in [0.25, 0.3) is 22.5 Å². The van der Waals surface area contributed by atoms with Crippen LogP contribution >= 0.6 is 0 Å². The molecule has 0 saturated carbocycles. The second kappa shape index (κ2) is 9.08. The minimum Gasteiger partial charge on any atom is -0.474 e. The first-order valence-corrected chi connectivity index (χ1v) is 11.8. The molecule has 3 aromatic rings. The molecule has 8 nitrogen and oxygen atoms in total. The van der Waals surface area contributed by atoms with Crippen LogP contribution in [0.3, 0.4) is 0 Å². The van der Waals surface area contributed by atoms with Crippen LogP contribution in [0, 0.1) is 11.3 Å². The van der Waals surface area contributed by atoms with Gasteiger partial charge in [-0.15, -0.1) is 0 Å². The van der Waals surface area contributed by atoms with Gasteiger partial charge in [-0.25, -0.2) is 15.0 Å². The number of nitrogens with zero attached hydrogens (tertiary/aromatic N) is 5. The van der Waals surface area contributed by atoms with Crippen LogP contribution in [0.15, 0.2) is 42.9 Å². The van der Waals surface area contributed by atoms with Crippen molar-refractivity contribution in [1.29, 1.82) is 5.26 Å². The summed E-state index contributed by atoms with van der Waals surface area (Å²) in [5, 5.41) is 18.8. The van der Waals surface area contributed by atoms with Crippen molar-refractivity contribution in [1.82, 2.24) is 19.9 Å². The molecule has 1 amide bonds. The van der Waals surface area contributed by atoms with Gasteiger partial charge in [-0.3, -0.25) is 4.79 Å². The van der Waals surface area contributed by atoms with E-state index in [9.17, 15) is 15.2 Å². The van der Waals surface area contributed by atoms with E-state index in [1.807, 2.05) is 19.9 Å². The maximum Gasteiger partial charge on any atom is 0.231 e. The number of carbonyl (C=O) groups is 1. The molecule has 1 atom stereocenters. The van der Waals surface area contributed by atoms with Crippen molar-refractivity contribution in [3.63, 3.8) is 0 Å². The van der Waals surface area contributed by atoms with E-state index < -0.39 is 0 Å². The first-order chi connectivity index (χ1) is 16.9. The molecule has 3 heterocycles. The van der Waals surface area contributed by atoms with E-state index in [2.05, 4.69) is 33.2 Å². The highest BCUT2D eigenvalue weighted by molar-refractivity contribution is 5.82. The SMILES string of the molecule is CC(C)Oc1ncc(-c2ncc(-c3cccc4c3CCC43CC(=O)N(CCO)C3)cn2)cc1C#N. The third-order valence-corrected chi connectivity index (χ3v) is 6.85. The molecule has 5 rings (SSSR count). The Bertz CT molecular complexity index is 1320. The van der Waals surface area contributed by atoms with Gasteiger partial charge in [0.15, 0.2) is 5.82 Å². The van der Waals surface area contributed by atoms with Crippen LogP contribution in [0.2, 0.25) is 0 Å². The van der Waals surface area contributed by atoms with Crippen molar-refractivity contribution in [2.45, 2.75) is 44.6 Å². The predicted molar refractivity (Wildman–Crippen MR) is 129 cm³/mol. The Kier molecular flexibility index (Phi) is 5.95. The fraction of sp³-hybridized carbons (Fsp3) is 0.370. The van der Waals surface area contributed by atoms with Gasteiger partial charge in [-0.1, -0.05) is 18.2 Å². The highest BCUT2D eigenvalue weighted by atomic mass is 16.5. The van der Waals surface area contributed by atoms with Gasteiger partial charge >= 0.3 is 0 Å². The monoisotopic (exact) mass is 469 g/mol. The number of β-amino-alcohol motifs (C(OH)–C–C–N with tert-alkyl or cyclic N) is 1. The van der Waals surface area contributed by atoms with E-state index in [1.54, 1.807) is 29.6 Å². The lowest BCUT2D eigenvalue weighted by molar-refractivity contribution is -0.128. The summed E-state index contributed by atoms with van der Waals surface area (Å²) >= 11 is 0. The topological polar surface area (TPSA) is 112 Å². The quantitative estimate of drug-likeness (QED) is 0.590. The van der Waals surface area contributed by atoms with Crippen molar-refractivity contribution in [3.05, 3.63) is 59.5 Å². The third-order valence-electron chi connectivity index (χ3n) is 6.85. The van der Waals surface area contributed by atoms with Gasteiger partial charge in [0.05, 0.1) is 12.7 Å². The number of hydrogen-bond acceptors (Lipinski definition) is 7. The van der Waals surface area contributed by atoms with E-state index in [-0.39, 0.29) is 24.0 Å². The van der Waals surface area contributed by atoms with E-state index >= 15 is 0 Å². The van der Waals surface area contributed by atoms with Gasteiger partial charge in [0.2, 0.25) is 11.8 Å². The number of aromatic nitrogens is 3. The molecule has 1 aliphatic carbocycles. The Morgan fingerprint density at radius 3 is 2.69 bits per heavy atom. The van der Waals surface area contributed by atoms with Gasteiger partial charge in [-0.2, -0.15) is 5.26 Å². The molecule has 1 N–H and O–H groups in total. The Morgan fingerprint density at radius 1 is 1.20 bits per heavy atom. The minimum atomic E-state index is -0.183. The van der Waals surface area contributed by atoms with E-state index in [4.69, 9.17) is 4.74 Å². The highest BCUT2D eigenvalue weighted by Crippen LogP contribution is 2.48. The zero-order chi connectivity index (χ0) is 24.6. The van der Waals surface area contributed by atoms with Crippen LogP contribution in [0.5, 0.6) is 5.88 Å². The summed E-state index contributed by atoms with van der Waals surface area (Å²) in [7, 11) is 0. The fourth-order valence-electron chi connectivity index (χ4n) is 5.29. The molecule has 1 fully saturated rings. The molecule has 1 aliphatic heterocycles. The molecular weight excluding hydrogens is 442 g/mol. The van der Waals surface area contributed by atoms with Crippen LogP contribution in [0.1, 0.15) is 43.4 Å². The first kappa shape index (κ1) is 22.9. The molecule has 0 bridgehead atoms. The fourth-order valence-corrected chi connectivity index (χ4v) is 5.29. The number of benzene rings is 1. The highest BCUT2D eigenvalue weighted by Gasteiger charge is 2.48. The Morgan fingerprint density at radius 2 is 1.97 bits per heavy atom. The van der Waals surface area contributed by atoms with Gasteiger partial charge in [0.1, 0.15) is 11.6 Å². The summed E-state index contributed by atoms with van der Waals surface area (Å²) in [6.45, 7) is 4.80. The normalized spacial score (nSPS) is 18.8. The van der Waals surface area contributed by atoms with Crippen molar-refractivity contribution in [2.75, 3.05) is 19.7 Å². The molecule has 2 aromatic heterocycles. The molecule has 0 radical (unpaired) electrons. The number of aliphatic hydroxyl groups excluding tert-OH is 1. The van der Waals surface area contributed by atoms with Crippen molar-refractivity contribution >= 4 is 5.91 Å². The molecule has 1 unspecified atom stereocenters. The van der Waals surface area contributed by atoms with Gasteiger partial charge in [0, 0.05) is 54.6 Å². The third kappa shape index (κ3) is 4.13. The molecule has 1 aromatic carbocycles. The smallest absolute Gasteiger partial charge is 0.231 e. The Hall–Kier alpha value is -3.83. The number of rotatable bonds is 6. The minimum absolute atomic E-state index is 0.0166. The number of aliphatic hydroxyl groups is 1. The van der Waals surface area contributed by atoms with Crippen molar-refractivity contribution < 1.29 is 14.6 Å². The number of carbonyl (C=O) groups excluding carboxylic acids is 1. The first-order valence-electron chi connectivity index (χ1n) is 11.8. The molecule has 1 spiro atoms. The summed E-state index contributed by atoms with van der Waals surface area (Å²) in [6.07, 6.45) is 7.43. The molecule has 2 aliphatic rings. The molecule has 8 heteroatoms. The van der Waals surface area contributed by atoms with Crippen LogP contribution in [0.4, 0.5) is 0 Å². The second-order valence-corrected chi connectivity index (χ2v) is 9.48. The maximum absolute atomic E-state index is 12.5. The largest absolute Gasteiger partial charge is 0.474 e. The summed E-state index contributed by atoms with van der Waals surface area (Å²) in [5.41, 5.74) is 5.26. The van der Waals surface area contributed by atoms with E-state index in [0.717, 1.165) is 24.0 Å². The van der Waals surface area contributed by atoms with Gasteiger partial charge in [-0.05, 0) is 49.4 Å². The summed E-state index contributed by atoms with van der Waals surface area (Å²) in [6, 6.07) is 10.1. The number of nitriles is 1. The zero-order valence-corrected chi connectivity index (χ0v) is 19.9. The Balaban J connectivity index is 1.43. The number of fused-ring (bicyclic) bond motifs is 2. The second-order valence-electron chi connectivity index (χ2n) is 9.48. The summed E-state index contributed by atoms with van der Waals surface area (Å²) in [5.74, 6) is 0.902. The maximum atomic E-state index is 12.5.